The summed E-state index contributed by atoms with van der Waals surface area (Å²) in [7, 11) is 0. The van der Waals surface area contributed by atoms with Crippen molar-refractivity contribution >= 4 is 53.7 Å². The average Bonchev–Trinajstić information content (AvgIpc) is 3.83. The first-order valence-corrected chi connectivity index (χ1v) is 19.3. The van der Waals surface area contributed by atoms with Crippen LogP contribution in [-0.2, 0) is 5.41 Å². The molecule has 1 unspecified atom stereocenters. The van der Waals surface area contributed by atoms with Crippen molar-refractivity contribution in [1.82, 2.24) is 0 Å². The second-order valence-corrected chi connectivity index (χ2v) is 15.8. The minimum absolute atomic E-state index is 0.407. The van der Waals surface area contributed by atoms with Crippen LogP contribution in [-0.4, -0.2) is 0 Å². The molecule has 1 aromatic heterocycles. The van der Waals surface area contributed by atoms with E-state index in [0.29, 0.717) is 0 Å². The lowest BCUT2D eigenvalue weighted by molar-refractivity contribution is 0.803. The number of benzene rings is 9. The zero-order valence-corrected chi connectivity index (χ0v) is 30.0. The molecule has 0 N–H and O–H groups in total. The highest BCUT2D eigenvalue weighted by atomic mass is 32.1. The van der Waals surface area contributed by atoms with E-state index >= 15 is 0 Å². The Labute approximate surface area is 312 Å². The van der Waals surface area contributed by atoms with E-state index in [4.69, 9.17) is 0 Å². The van der Waals surface area contributed by atoms with Crippen LogP contribution in [0.3, 0.4) is 0 Å². The third kappa shape index (κ3) is 3.70. The van der Waals surface area contributed by atoms with Crippen molar-refractivity contribution in [3.05, 3.63) is 204 Å². The number of hydrogen-bond acceptors (Lipinski definition) is 1. The van der Waals surface area contributed by atoms with E-state index in [1.165, 1.54) is 114 Å². The van der Waals surface area contributed by atoms with Crippen molar-refractivity contribution in [2.45, 2.75) is 12.3 Å². The summed E-state index contributed by atoms with van der Waals surface area (Å²) in [4.78, 5) is 1.41. The molecule has 53 heavy (non-hydrogen) atoms. The van der Waals surface area contributed by atoms with Gasteiger partial charge >= 0.3 is 0 Å². The van der Waals surface area contributed by atoms with Crippen molar-refractivity contribution < 1.29 is 0 Å². The minimum Gasteiger partial charge on any atom is -0.135 e. The second-order valence-electron chi connectivity index (χ2n) is 14.7. The van der Waals surface area contributed by atoms with Gasteiger partial charge in [-0.1, -0.05) is 170 Å². The van der Waals surface area contributed by atoms with Crippen LogP contribution in [0.2, 0.25) is 0 Å². The van der Waals surface area contributed by atoms with Gasteiger partial charge < -0.3 is 0 Å². The molecule has 2 aliphatic rings. The Morgan fingerprint density at radius 2 is 0.887 bits per heavy atom. The smallest absolute Gasteiger partial charge is 0.0740 e. The summed E-state index contributed by atoms with van der Waals surface area (Å²) < 4.78 is 1.37. The topological polar surface area (TPSA) is 0 Å². The van der Waals surface area contributed by atoms with Gasteiger partial charge in [-0.05, 0) is 117 Å². The summed E-state index contributed by atoms with van der Waals surface area (Å²) in [6.45, 7) is 2.21. The van der Waals surface area contributed by atoms with Crippen molar-refractivity contribution in [2.75, 3.05) is 0 Å². The fraction of sp³-hybridized carbons (Fsp3) is 0.0385. The molecule has 0 saturated carbocycles. The molecule has 0 fully saturated rings. The summed E-state index contributed by atoms with van der Waals surface area (Å²) in [6.07, 6.45) is 0. The SMILES string of the molecule is Cc1ccc2c3c(sc2c1)-c1ccccc1C31c2ccccc2-c2c(-c3c4ccccc4c(-c4cccc5ccccc45)c4ccccc34)cccc21. The van der Waals surface area contributed by atoms with E-state index in [1.807, 2.05) is 11.3 Å². The first-order chi connectivity index (χ1) is 26.2. The van der Waals surface area contributed by atoms with Gasteiger partial charge in [-0.15, -0.1) is 11.3 Å². The number of fused-ring (bicyclic) bond motifs is 15. The Morgan fingerprint density at radius 3 is 1.62 bits per heavy atom. The van der Waals surface area contributed by atoms with Gasteiger partial charge in [0.25, 0.3) is 0 Å². The average molecular weight is 689 g/mol. The highest BCUT2D eigenvalue weighted by molar-refractivity contribution is 7.22. The van der Waals surface area contributed by atoms with Crippen LogP contribution in [0.4, 0.5) is 0 Å². The van der Waals surface area contributed by atoms with Gasteiger partial charge in [-0.25, -0.2) is 0 Å². The molecule has 0 bridgehead atoms. The Morgan fingerprint density at radius 1 is 0.377 bits per heavy atom. The Balaban J connectivity index is 1.24. The van der Waals surface area contributed by atoms with Crippen molar-refractivity contribution in [3.63, 3.8) is 0 Å². The predicted octanol–water partition coefficient (Wildman–Crippen LogP) is 14.3. The van der Waals surface area contributed by atoms with Gasteiger partial charge in [0.15, 0.2) is 0 Å². The van der Waals surface area contributed by atoms with Gasteiger partial charge in [0.05, 0.1) is 5.41 Å². The summed E-state index contributed by atoms with van der Waals surface area (Å²) in [5.74, 6) is 0. The maximum atomic E-state index is 2.43. The number of thiophene rings is 1. The van der Waals surface area contributed by atoms with Gasteiger partial charge in [0.2, 0.25) is 0 Å². The maximum Gasteiger partial charge on any atom is 0.0740 e. The van der Waals surface area contributed by atoms with Gasteiger partial charge in [0, 0.05) is 9.58 Å². The lowest BCUT2D eigenvalue weighted by Gasteiger charge is -2.30. The maximum absolute atomic E-state index is 2.43. The van der Waals surface area contributed by atoms with Crippen LogP contribution >= 0.6 is 11.3 Å². The number of rotatable bonds is 2. The standard InChI is InChI=1S/C52H32S/c1-31-28-29-41-46(30-31)53-51-40-22-9-11-26-44(40)52(50(41)51)43-25-10-8-21-39(43)49-42(24-13-27-45(49)52)48-37-19-6-4-17-35(37)47(36-18-5-7-20-38(36)48)34-23-12-15-32-14-2-3-16-33(32)34/h2-30H,1H3. The van der Waals surface area contributed by atoms with Gasteiger partial charge in [-0.2, -0.15) is 0 Å². The van der Waals surface area contributed by atoms with Crippen molar-refractivity contribution in [1.29, 1.82) is 0 Å². The Bertz CT molecular complexity index is 3130. The first kappa shape index (κ1) is 29.3. The molecule has 246 valence electrons. The fourth-order valence-corrected chi connectivity index (χ4v) is 11.6. The third-order valence-electron chi connectivity index (χ3n) is 12.1. The highest BCUT2D eigenvalue weighted by Crippen LogP contribution is 2.67. The lowest BCUT2D eigenvalue weighted by atomic mass is 9.70. The molecule has 1 spiro atoms. The summed E-state index contributed by atoms with van der Waals surface area (Å²) in [5.41, 5.74) is 15.7. The van der Waals surface area contributed by atoms with E-state index in [-0.39, 0.29) is 0 Å². The fourth-order valence-electron chi connectivity index (χ4n) is 10.2. The molecular formula is C52H32S. The zero-order chi connectivity index (χ0) is 34.8. The quantitative estimate of drug-likeness (QED) is 0.159. The predicted molar refractivity (Wildman–Crippen MR) is 226 cm³/mol. The summed E-state index contributed by atoms with van der Waals surface area (Å²) in [5, 5.41) is 9.04. The van der Waals surface area contributed by atoms with Crippen LogP contribution in [0, 0.1) is 6.92 Å². The normalized spacial score (nSPS) is 15.3. The van der Waals surface area contributed by atoms with Gasteiger partial charge in [-0.3, -0.25) is 0 Å². The van der Waals surface area contributed by atoms with E-state index in [1.54, 1.807) is 0 Å². The van der Waals surface area contributed by atoms with Crippen molar-refractivity contribution in [2.24, 2.45) is 0 Å². The monoisotopic (exact) mass is 688 g/mol. The molecule has 10 aromatic rings. The Hall–Kier alpha value is -6.28. The molecule has 0 saturated heterocycles. The van der Waals surface area contributed by atoms with Gasteiger partial charge in [0.1, 0.15) is 0 Å². The molecule has 0 aliphatic heterocycles. The molecule has 1 heterocycles. The van der Waals surface area contributed by atoms with Crippen LogP contribution in [0.25, 0.3) is 86.2 Å². The van der Waals surface area contributed by atoms with Crippen LogP contribution < -0.4 is 0 Å². The Kier molecular flexibility index (Phi) is 5.88. The molecule has 9 aromatic carbocycles. The molecule has 12 rings (SSSR count). The van der Waals surface area contributed by atoms with Crippen LogP contribution in [0.15, 0.2) is 176 Å². The van der Waals surface area contributed by atoms with E-state index < -0.39 is 5.41 Å². The highest BCUT2D eigenvalue weighted by Gasteiger charge is 2.53. The second kappa shape index (κ2) is 10.6. The molecular weight excluding hydrogens is 657 g/mol. The molecule has 2 aliphatic carbocycles. The molecule has 0 nitrogen and oxygen atoms in total. The molecule has 0 radical (unpaired) electrons. The van der Waals surface area contributed by atoms with Crippen molar-refractivity contribution in [3.8, 4) is 43.8 Å². The summed E-state index contributed by atoms with van der Waals surface area (Å²) in [6, 6.07) is 66.4. The molecule has 1 atom stereocenters. The van der Waals surface area contributed by atoms with Crippen LogP contribution in [0.1, 0.15) is 27.8 Å². The third-order valence-corrected chi connectivity index (χ3v) is 13.3. The number of hydrogen-bond donors (Lipinski definition) is 0. The van der Waals surface area contributed by atoms with E-state index in [0.717, 1.165) is 0 Å². The summed E-state index contributed by atoms with van der Waals surface area (Å²) >= 11 is 1.96. The largest absolute Gasteiger partial charge is 0.135 e. The van der Waals surface area contributed by atoms with E-state index in [2.05, 4.69) is 183 Å². The molecule has 1 heteroatoms. The minimum atomic E-state index is -0.407. The van der Waals surface area contributed by atoms with E-state index in [9.17, 15) is 0 Å². The number of aryl methyl sites for hydroxylation is 1. The zero-order valence-electron chi connectivity index (χ0n) is 29.2. The lowest BCUT2D eigenvalue weighted by Crippen LogP contribution is -2.25. The molecule has 0 amide bonds. The first-order valence-electron chi connectivity index (χ1n) is 18.5. The van der Waals surface area contributed by atoms with Crippen LogP contribution in [0.5, 0.6) is 0 Å².